The number of hydrogen-bond acceptors (Lipinski definition) is 3. The van der Waals surface area contributed by atoms with E-state index < -0.39 is 0 Å². The topological polar surface area (TPSA) is 49.8 Å². The highest BCUT2D eigenvalue weighted by Crippen LogP contribution is 2.26. The predicted molar refractivity (Wildman–Crippen MR) is 73.7 cm³/mol. The van der Waals surface area contributed by atoms with Gasteiger partial charge in [0.2, 0.25) is 0 Å². The van der Waals surface area contributed by atoms with Crippen molar-refractivity contribution in [3.8, 4) is 5.75 Å². The second kappa shape index (κ2) is 5.80. The zero-order chi connectivity index (χ0) is 14.0. The maximum Gasteiger partial charge on any atom is 0.257 e. The number of piperidine rings is 1. The first-order valence-electron chi connectivity index (χ1n) is 6.33. The molecule has 1 saturated heterocycles. The van der Waals surface area contributed by atoms with Gasteiger partial charge in [0.1, 0.15) is 5.75 Å². The maximum absolute atomic E-state index is 12.5. The van der Waals surface area contributed by atoms with Gasteiger partial charge in [0.05, 0.1) is 18.8 Å². The number of benzene rings is 1. The van der Waals surface area contributed by atoms with E-state index in [1.165, 1.54) is 7.11 Å². The van der Waals surface area contributed by atoms with Gasteiger partial charge in [0.15, 0.2) is 0 Å². The van der Waals surface area contributed by atoms with Crippen molar-refractivity contribution in [3.63, 3.8) is 0 Å². The van der Waals surface area contributed by atoms with Gasteiger partial charge in [0.25, 0.3) is 5.91 Å². The molecule has 4 nitrogen and oxygen atoms in total. The zero-order valence-electron chi connectivity index (χ0n) is 11.1. The lowest BCUT2D eigenvalue weighted by molar-refractivity contribution is 0.0296. The summed E-state index contributed by atoms with van der Waals surface area (Å²) < 4.78 is 5.20. The van der Waals surface area contributed by atoms with Crippen molar-refractivity contribution < 1.29 is 14.6 Å². The van der Waals surface area contributed by atoms with Gasteiger partial charge in [-0.3, -0.25) is 4.79 Å². The molecule has 1 fully saturated rings. The molecular formula is C14H18ClNO3. The van der Waals surface area contributed by atoms with E-state index in [-0.39, 0.29) is 17.9 Å². The van der Waals surface area contributed by atoms with Gasteiger partial charge in [0, 0.05) is 18.1 Å². The fourth-order valence-corrected chi connectivity index (χ4v) is 2.51. The number of nitrogens with zero attached hydrogens (tertiary/aromatic N) is 1. The summed E-state index contributed by atoms with van der Waals surface area (Å²) in [6.07, 6.45) is 0.279. The van der Waals surface area contributed by atoms with Gasteiger partial charge >= 0.3 is 0 Å². The number of likely N-dealkylation sites (tertiary alicyclic amines) is 1. The van der Waals surface area contributed by atoms with Gasteiger partial charge in [-0.05, 0) is 30.5 Å². The number of rotatable bonds is 2. The molecule has 1 aromatic rings. The normalized spacial score (nSPS) is 23.3. The summed E-state index contributed by atoms with van der Waals surface area (Å²) in [5, 5.41) is 10.2. The molecule has 19 heavy (non-hydrogen) atoms. The van der Waals surface area contributed by atoms with Crippen molar-refractivity contribution in [1.82, 2.24) is 4.90 Å². The van der Waals surface area contributed by atoms with Crippen LogP contribution in [0.5, 0.6) is 5.75 Å². The number of hydrogen-bond donors (Lipinski definition) is 1. The van der Waals surface area contributed by atoms with E-state index in [0.29, 0.717) is 35.8 Å². The number of aliphatic hydroxyl groups excluding tert-OH is 1. The molecule has 2 rings (SSSR count). The molecule has 104 valence electrons. The SMILES string of the molecule is COc1ccc(Cl)cc1C(=O)N1CCC(O)C(C)C1. The molecule has 1 heterocycles. The van der Waals surface area contributed by atoms with Crippen molar-refractivity contribution in [1.29, 1.82) is 0 Å². The Morgan fingerprint density at radius 3 is 2.89 bits per heavy atom. The standard InChI is InChI=1S/C14H18ClNO3/c1-9-8-16(6-5-12(9)17)14(18)11-7-10(15)3-4-13(11)19-2/h3-4,7,9,12,17H,5-6,8H2,1-2H3. The third kappa shape index (κ3) is 3.01. The van der Waals surface area contributed by atoms with Crippen molar-refractivity contribution in [2.24, 2.45) is 5.92 Å². The molecule has 0 radical (unpaired) electrons. The minimum absolute atomic E-state index is 0.0860. The summed E-state index contributed by atoms with van der Waals surface area (Å²) >= 11 is 5.94. The molecule has 2 unspecified atom stereocenters. The number of amides is 1. The molecule has 5 heteroatoms. The van der Waals surface area contributed by atoms with Crippen LogP contribution in [0.25, 0.3) is 0 Å². The smallest absolute Gasteiger partial charge is 0.257 e. The molecule has 2 atom stereocenters. The Balaban J connectivity index is 2.22. The molecule has 0 bridgehead atoms. The van der Waals surface area contributed by atoms with Crippen LogP contribution in [0.15, 0.2) is 18.2 Å². The van der Waals surface area contributed by atoms with Crippen LogP contribution in [-0.2, 0) is 0 Å². The summed E-state index contributed by atoms with van der Waals surface area (Å²) in [6.45, 7) is 3.05. The third-order valence-electron chi connectivity index (χ3n) is 3.54. The first-order chi connectivity index (χ1) is 9.02. The number of aliphatic hydroxyl groups is 1. The largest absolute Gasteiger partial charge is 0.496 e. The molecule has 1 aliphatic rings. The molecular weight excluding hydrogens is 266 g/mol. The van der Waals surface area contributed by atoms with Crippen LogP contribution in [-0.4, -0.2) is 42.2 Å². The molecule has 0 aliphatic carbocycles. The fraction of sp³-hybridized carbons (Fsp3) is 0.500. The molecule has 1 N–H and O–H groups in total. The fourth-order valence-electron chi connectivity index (χ4n) is 2.34. The van der Waals surface area contributed by atoms with Gasteiger partial charge in [-0.1, -0.05) is 18.5 Å². The monoisotopic (exact) mass is 283 g/mol. The van der Waals surface area contributed by atoms with E-state index in [0.717, 1.165) is 0 Å². The molecule has 1 aromatic carbocycles. The Labute approximate surface area is 117 Å². The molecule has 0 saturated carbocycles. The van der Waals surface area contributed by atoms with E-state index in [2.05, 4.69) is 0 Å². The van der Waals surface area contributed by atoms with E-state index in [1.807, 2.05) is 6.92 Å². The lowest BCUT2D eigenvalue weighted by Gasteiger charge is -2.34. The predicted octanol–water partition coefficient (Wildman–Crippen LogP) is 2.19. The highest BCUT2D eigenvalue weighted by atomic mass is 35.5. The quantitative estimate of drug-likeness (QED) is 0.905. The van der Waals surface area contributed by atoms with Crippen LogP contribution < -0.4 is 4.74 Å². The van der Waals surface area contributed by atoms with Gasteiger partial charge < -0.3 is 14.7 Å². The average Bonchev–Trinajstić information content (AvgIpc) is 2.41. The highest BCUT2D eigenvalue weighted by Gasteiger charge is 2.29. The highest BCUT2D eigenvalue weighted by molar-refractivity contribution is 6.31. The second-order valence-corrected chi connectivity index (χ2v) is 5.37. The van der Waals surface area contributed by atoms with Crippen LogP contribution in [0, 0.1) is 5.92 Å². The Kier molecular flexibility index (Phi) is 4.32. The number of halogens is 1. The molecule has 1 aliphatic heterocycles. The minimum atomic E-state index is -0.328. The number of methoxy groups -OCH3 is 1. The van der Waals surface area contributed by atoms with Crippen molar-refractivity contribution >= 4 is 17.5 Å². The summed E-state index contributed by atoms with van der Waals surface area (Å²) in [7, 11) is 1.53. The van der Waals surface area contributed by atoms with Crippen molar-refractivity contribution in [3.05, 3.63) is 28.8 Å². The third-order valence-corrected chi connectivity index (χ3v) is 3.77. The first kappa shape index (κ1) is 14.2. The van der Waals surface area contributed by atoms with E-state index in [9.17, 15) is 9.90 Å². The minimum Gasteiger partial charge on any atom is -0.496 e. The zero-order valence-corrected chi connectivity index (χ0v) is 11.9. The number of carbonyl (C=O) groups excluding carboxylic acids is 1. The van der Waals surface area contributed by atoms with E-state index in [4.69, 9.17) is 16.3 Å². The van der Waals surface area contributed by atoms with Crippen molar-refractivity contribution in [2.45, 2.75) is 19.4 Å². The van der Waals surface area contributed by atoms with Crippen LogP contribution in [0.1, 0.15) is 23.7 Å². The van der Waals surface area contributed by atoms with Crippen LogP contribution >= 0.6 is 11.6 Å². The van der Waals surface area contributed by atoms with Gasteiger partial charge in [-0.2, -0.15) is 0 Å². The molecule has 0 spiro atoms. The van der Waals surface area contributed by atoms with Crippen LogP contribution in [0.4, 0.5) is 0 Å². The van der Waals surface area contributed by atoms with Gasteiger partial charge in [-0.15, -0.1) is 0 Å². The van der Waals surface area contributed by atoms with Crippen molar-refractivity contribution in [2.75, 3.05) is 20.2 Å². The summed E-state index contributed by atoms with van der Waals surface area (Å²) in [6, 6.07) is 5.01. The lowest BCUT2D eigenvalue weighted by Crippen LogP contribution is -2.45. The summed E-state index contributed by atoms with van der Waals surface area (Å²) in [5.41, 5.74) is 0.471. The molecule has 1 amide bonds. The number of carbonyl (C=O) groups is 1. The summed E-state index contributed by atoms with van der Waals surface area (Å²) in [5.74, 6) is 0.508. The Hall–Kier alpha value is -1.26. The summed E-state index contributed by atoms with van der Waals surface area (Å²) in [4.78, 5) is 14.2. The van der Waals surface area contributed by atoms with E-state index >= 15 is 0 Å². The van der Waals surface area contributed by atoms with Crippen LogP contribution in [0.3, 0.4) is 0 Å². The lowest BCUT2D eigenvalue weighted by atomic mass is 9.96. The molecule has 0 aromatic heterocycles. The average molecular weight is 284 g/mol. The van der Waals surface area contributed by atoms with Crippen LogP contribution in [0.2, 0.25) is 5.02 Å². The Morgan fingerprint density at radius 2 is 2.26 bits per heavy atom. The second-order valence-electron chi connectivity index (χ2n) is 4.93. The Morgan fingerprint density at radius 1 is 1.53 bits per heavy atom. The first-order valence-corrected chi connectivity index (χ1v) is 6.71. The Bertz CT molecular complexity index is 478. The van der Waals surface area contributed by atoms with E-state index in [1.54, 1.807) is 23.1 Å². The van der Waals surface area contributed by atoms with Gasteiger partial charge in [-0.25, -0.2) is 0 Å². The number of ether oxygens (including phenoxy) is 1. The maximum atomic E-state index is 12.5.